The summed E-state index contributed by atoms with van der Waals surface area (Å²) in [4.78, 5) is 0. The van der Waals surface area contributed by atoms with Crippen LogP contribution in [0.4, 0.5) is 62.2 Å². The normalized spacial score (nSPS) is 29.0. The van der Waals surface area contributed by atoms with E-state index < -0.39 is 286 Å². The Morgan fingerprint density at radius 1 is 0.170 bits per heavy atom. The number of hydrogen-bond acceptors (Lipinski definition) is 32. The van der Waals surface area contributed by atoms with Gasteiger partial charge in [0.2, 0.25) is 8.16 Å². The van der Waals surface area contributed by atoms with Crippen LogP contribution in [-0.4, -0.2) is 206 Å². The molecule has 8 aliphatic carbocycles. The molecule has 64 heteroatoms. The van der Waals surface area contributed by atoms with Crippen molar-refractivity contribution in [2.75, 3.05) is 0 Å². The van der Waals surface area contributed by atoms with Gasteiger partial charge >= 0.3 is 164 Å². The van der Waals surface area contributed by atoms with E-state index in [2.05, 4.69) is 0 Å². The zero-order chi connectivity index (χ0) is 79.5. The van der Waals surface area contributed by atoms with Crippen molar-refractivity contribution in [3.05, 3.63) is 0 Å². The molecule has 8 aliphatic rings. The lowest BCUT2D eigenvalue weighted by Crippen LogP contribution is -2.48. The van der Waals surface area contributed by atoms with E-state index in [-0.39, 0.29) is 89.9 Å². The highest BCUT2D eigenvalue weighted by molar-refractivity contribution is 8.06. The highest BCUT2D eigenvalue weighted by Gasteiger charge is 2.67. The van der Waals surface area contributed by atoms with Gasteiger partial charge in [0.25, 0.3) is 0 Å². The van der Waals surface area contributed by atoms with Crippen LogP contribution in [0, 0.1) is 0 Å². The molecule has 32 nitrogen and oxygen atoms in total. The molecule has 600 valence electrons. The van der Waals surface area contributed by atoms with Crippen LogP contribution in [0.15, 0.2) is 0 Å². The van der Waals surface area contributed by atoms with Crippen molar-refractivity contribution >= 4 is 164 Å². The summed E-state index contributed by atoms with van der Waals surface area (Å²) in [6, 6.07) is 0. The number of hydrogen-bond donors (Lipinski definition) is 0. The lowest BCUT2D eigenvalue weighted by molar-refractivity contribution is 0.384. The van der Waals surface area contributed by atoms with E-state index in [0.29, 0.717) is 0 Å². The fourth-order valence-corrected chi connectivity index (χ4v) is 26.5. The van der Waals surface area contributed by atoms with Gasteiger partial charge in [-0.2, -0.15) is 135 Å². The maximum absolute atomic E-state index is 12.6. The van der Waals surface area contributed by atoms with Gasteiger partial charge in [-0.05, 0) is 135 Å². The first-order valence-electron chi connectivity index (χ1n) is 26.7. The van der Waals surface area contributed by atoms with Crippen molar-refractivity contribution in [2.24, 2.45) is 0 Å². The molecular formula is C36H56F16O32S16. The lowest BCUT2D eigenvalue weighted by Gasteiger charge is -2.32. The molecule has 8 unspecified atom stereocenters. The van der Waals surface area contributed by atoms with Gasteiger partial charge in [0, 0.05) is 0 Å². The van der Waals surface area contributed by atoms with E-state index in [1.807, 2.05) is 0 Å². The van der Waals surface area contributed by atoms with E-state index in [9.17, 15) is 197 Å². The maximum atomic E-state index is 12.6. The first-order valence-corrected chi connectivity index (χ1v) is 49.6. The topological polar surface area (TPSA) is 546 Å². The van der Waals surface area contributed by atoms with E-state index in [1.54, 1.807) is 0 Å². The molecule has 8 saturated carbocycles. The van der Waals surface area contributed by atoms with E-state index in [0.717, 1.165) is 0 Å². The average molecular weight is 1820 g/mol. The zero-order valence-corrected chi connectivity index (χ0v) is 62.2. The van der Waals surface area contributed by atoms with Crippen molar-refractivity contribution < 1.29 is 197 Å². The van der Waals surface area contributed by atoms with Gasteiger partial charge in [-0.1, -0.05) is 6.42 Å². The molecule has 0 saturated heterocycles. The third-order valence-electron chi connectivity index (χ3n) is 15.9. The molecule has 0 bridgehead atoms. The maximum Gasteiger partial charge on any atom is 0.325 e. The molecule has 0 aromatic rings. The van der Waals surface area contributed by atoms with E-state index in [1.165, 1.54) is 0 Å². The van der Waals surface area contributed by atoms with Crippen LogP contribution in [0.3, 0.4) is 0 Å². The summed E-state index contributed by atoms with van der Waals surface area (Å²) in [6.45, 7) is 0. The van der Waals surface area contributed by atoms with Crippen LogP contribution in [0.1, 0.15) is 141 Å². The fourth-order valence-electron chi connectivity index (χ4n) is 9.39. The van der Waals surface area contributed by atoms with Gasteiger partial charge in [0.05, 0.1) is 42.0 Å². The molecule has 8 atom stereocenters. The van der Waals surface area contributed by atoms with Crippen molar-refractivity contribution in [1.29, 1.82) is 0 Å². The van der Waals surface area contributed by atoms with Gasteiger partial charge in [-0.3, -0.25) is 0 Å². The minimum absolute atomic E-state index is 0.0604. The summed E-state index contributed by atoms with van der Waals surface area (Å²) in [5, 5.41) is -16.9. The SMILES string of the molecule is O=S(=O)(F)C1(S(=O)(=O)F)CC1.O=S(=O)(F)C1(S(=O)(=O)F)CCC1.O=S(=O)(F)C1CC(S(=O)(=O)F)C1.O=S(=O)(F)C1CC1S(=O)(=O)F.O=S(=O)(F)C1CCC(S(=O)(=O)F)C1.O=S(=O)(F)C1CCC(S(=O)(=O)F)CC1.O=S(=O)(F)C1CCC1S(=O)(=O)F.O=S(=O)(F)C1CCCC(S(=O)(=O)F)CC1. The smallest absolute Gasteiger partial charge is 0.195 e. The average Bonchev–Trinajstić information content (AvgIpc) is 1.45. The van der Waals surface area contributed by atoms with Gasteiger partial charge in [0.1, 0.15) is 21.0 Å². The molecule has 0 amide bonds. The Morgan fingerprint density at radius 3 is 0.460 bits per heavy atom. The Balaban J connectivity index is 0.000000572. The summed E-state index contributed by atoms with van der Waals surface area (Å²) < 4.78 is 518. The van der Waals surface area contributed by atoms with E-state index in [4.69, 9.17) is 0 Å². The van der Waals surface area contributed by atoms with Crippen LogP contribution in [0.25, 0.3) is 0 Å². The molecular weight excluding hydrogens is 1760 g/mol. The second kappa shape index (κ2) is 33.3. The highest BCUT2D eigenvalue weighted by atomic mass is 32.3. The van der Waals surface area contributed by atoms with E-state index >= 15 is 0 Å². The van der Waals surface area contributed by atoms with Crippen LogP contribution >= 0.6 is 0 Å². The molecule has 0 aromatic heterocycles. The minimum Gasteiger partial charge on any atom is -0.195 e. The largest absolute Gasteiger partial charge is 0.325 e. The van der Waals surface area contributed by atoms with Crippen LogP contribution in [0.5, 0.6) is 0 Å². The number of halogens is 16. The Morgan fingerprint density at radius 2 is 0.350 bits per heavy atom. The summed E-state index contributed by atoms with van der Waals surface area (Å²) in [5.74, 6) is 0. The Kier molecular flexibility index (Phi) is 32.0. The summed E-state index contributed by atoms with van der Waals surface area (Å²) in [7, 11) is -78.2. The van der Waals surface area contributed by atoms with Crippen molar-refractivity contribution in [2.45, 2.75) is 212 Å². The molecule has 0 N–H and O–H groups in total. The Bertz CT molecular complexity index is 4580. The predicted octanol–water partition coefficient (Wildman–Crippen LogP) is 3.19. The molecule has 8 fully saturated rings. The molecule has 100 heavy (non-hydrogen) atoms. The third-order valence-corrected chi connectivity index (χ3v) is 38.7. The third kappa shape index (κ3) is 29.3. The van der Waals surface area contributed by atoms with Crippen molar-refractivity contribution in [1.82, 2.24) is 0 Å². The molecule has 0 spiro atoms. The standard InChI is InChI=1S/C7H12F2O4S2.C6H10F2O4S2.C5H8F2O4S2.3C4H6F2O4S2.2C3H4F2O4S2/c8-14(10,11)6-2-1-3-7(5-4-6)15(9,12)13;7-13(9,10)5-1-2-6(4-3-5)14(8,11)12;6-12(8,9)4-1-2-5(3-4)13(7,10)11;5-11(7,8)3-1-4(2-3)12(6,9)10;5-11(7,8)4(2-1-3-4)12(6,9)10;5-11(7,8)3-1-2-4(3)12(6,9)10;4-10(6,7)3(1-2-3)11(5,8)9;4-10(6,7)2-1-3(2)11(5,8)9/h6-7H,1-5H2;5-6H,1-4H2;4-5H,1-3H2;3-4H,1-2H2;1-3H2;3-4H,1-2H2;1-2H2;2-3H,1H2. The van der Waals surface area contributed by atoms with Crippen molar-refractivity contribution in [3.8, 4) is 0 Å². The highest BCUT2D eigenvalue weighted by Crippen LogP contribution is 2.50. The second-order valence-corrected chi connectivity index (χ2v) is 48.8. The molecule has 0 radical (unpaired) electrons. The lowest BCUT2D eigenvalue weighted by atomic mass is 9.99. The molecule has 8 rings (SSSR count). The quantitative estimate of drug-likeness (QED) is 0.122. The molecule has 0 aromatic carbocycles. The fraction of sp³-hybridized carbons (Fsp3) is 1.00. The monoisotopic (exact) mass is 1820 g/mol. The predicted molar refractivity (Wildman–Crippen MR) is 313 cm³/mol. The van der Waals surface area contributed by atoms with Crippen LogP contribution < -0.4 is 0 Å². The second-order valence-electron chi connectivity index (χ2n) is 22.5. The Hall–Kier alpha value is -1.92. The van der Waals surface area contributed by atoms with Crippen LogP contribution in [-0.2, 0) is 164 Å². The van der Waals surface area contributed by atoms with Gasteiger partial charge in [0.15, 0.2) is 0 Å². The summed E-state index contributed by atoms with van der Waals surface area (Å²) >= 11 is 0. The van der Waals surface area contributed by atoms with Gasteiger partial charge < -0.3 is 0 Å². The summed E-state index contributed by atoms with van der Waals surface area (Å²) in [5.41, 5.74) is 0. The van der Waals surface area contributed by atoms with Gasteiger partial charge in [-0.15, -0.1) is 62.2 Å². The number of rotatable bonds is 16. The van der Waals surface area contributed by atoms with Gasteiger partial charge in [-0.25, -0.2) is 0 Å². The zero-order valence-electron chi connectivity index (χ0n) is 49.1. The first kappa shape index (κ1) is 96.1. The minimum atomic E-state index is -5.35. The molecule has 0 aliphatic heterocycles. The summed E-state index contributed by atoms with van der Waals surface area (Å²) in [6.07, 6.45) is -4.67. The molecule has 0 heterocycles. The first-order chi connectivity index (χ1) is 43.7. The van der Waals surface area contributed by atoms with Crippen molar-refractivity contribution in [3.63, 3.8) is 0 Å². The van der Waals surface area contributed by atoms with Crippen LogP contribution in [0.2, 0.25) is 0 Å². The Labute approximate surface area is 568 Å².